The Bertz CT molecular complexity index is 585. The molecule has 21 heavy (non-hydrogen) atoms. The van der Waals surface area contributed by atoms with Gasteiger partial charge in [-0.2, -0.15) is 0 Å². The quantitative estimate of drug-likeness (QED) is 0.918. The van der Waals surface area contributed by atoms with E-state index in [1.165, 1.54) is 0 Å². The Hall–Kier alpha value is -1.59. The Morgan fingerprint density at radius 1 is 1.14 bits per heavy atom. The summed E-state index contributed by atoms with van der Waals surface area (Å²) in [6.07, 6.45) is 0. The van der Waals surface area contributed by atoms with Crippen LogP contribution in [0.3, 0.4) is 0 Å². The third-order valence-electron chi connectivity index (χ3n) is 3.06. The molecule has 0 spiro atoms. The van der Waals surface area contributed by atoms with Crippen LogP contribution in [0.2, 0.25) is 0 Å². The summed E-state index contributed by atoms with van der Waals surface area (Å²) in [6.45, 7) is 7.42. The Labute approximate surface area is 129 Å². The van der Waals surface area contributed by atoms with E-state index in [-0.39, 0.29) is 5.41 Å². The standard InChI is InChI=1S/C16H22N2O2S/c1-16(2,3)15-13(9-17)21-14(18-15)10-20-12-7-5-11(19-4)6-8-12/h5-8H,9-10,17H2,1-4H3. The molecule has 0 unspecified atom stereocenters. The summed E-state index contributed by atoms with van der Waals surface area (Å²) < 4.78 is 10.9. The lowest BCUT2D eigenvalue weighted by Gasteiger charge is -2.16. The van der Waals surface area contributed by atoms with Gasteiger partial charge in [0, 0.05) is 16.8 Å². The molecule has 0 atom stereocenters. The summed E-state index contributed by atoms with van der Waals surface area (Å²) in [5.74, 6) is 1.62. The first-order valence-electron chi connectivity index (χ1n) is 6.90. The monoisotopic (exact) mass is 306 g/mol. The Morgan fingerprint density at radius 3 is 2.24 bits per heavy atom. The topological polar surface area (TPSA) is 57.4 Å². The predicted octanol–water partition coefficient (Wildman–Crippen LogP) is 3.49. The fraction of sp³-hybridized carbons (Fsp3) is 0.438. The zero-order valence-electron chi connectivity index (χ0n) is 13.0. The van der Waals surface area contributed by atoms with Gasteiger partial charge in [-0.25, -0.2) is 4.98 Å². The van der Waals surface area contributed by atoms with Gasteiger partial charge in [-0.1, -0.05) is 20.8 Å². The number of hydrogen-bond acceptors (Lipinski definition) is 5. The van der Waals surface area contributed by atoms with Crippen LogP contribution in [-0.4, -0.2) is 12.1 Å². The third-order valence-corrected chi connectivity index (χ3v) is 4.11. The fourth-order valence-electron chi connectivity index (χ4n) is 2.00. The molecule has 2 aromatic rings. The largest absolute Gasteiger partial charge is 0.497 e. The number of thiazole rings is 1. The molecule has 2 N–H and O–H groups in total. The normalized spacial score (nSPS) is 11.5. The highest BCUT2D eigenvalue weighted by molar-refractivity contribution is 7.11. The van der Waals surface area contributed by atoms with Gasteiger partial charge in [0.25, 0.3) is 0 Å². The molecule has 0 aliphatic heterocycles. The highest BCUT2D eigenvalue weighted by Gasteiger charge is 2.22. The number of hydrogen-bond donors (Lipinski definition) is 1. The summed E-state index contributed by atoms with van der Waals surface area (Å²) in [4.78, 5) is 5.82. The van der Waals surface area contributed by atoms with Crippen molar-refractivity contribution in [1.82, 2.24) is 4.98 Å². The van der Waals surface area contributed by atoms with Crippen molar-refractivity contribution in [3.05, 3.63) is 39.8 Å². The minimum atomic E-state index is 0.00354. The van der Waals surface area contributed by atoms with E-state index >= 15 is 0 Å². The van der Waals surface area contributed by atoms with Crippen LogP contribution in [0.4, 0.5) is 0 Å². The maximum atomic E-state index is 5.82. The van der Waals surface area contributed by atoms with E-state index < -0.39 is 0 Å². The van der Waals surface area contributed by atoms with Gasteiger partial charge in [0.05, 0.1) is 12.8 Å². The highest BCUT2D eigenvalue weighted by Crippen LogP contribution is 2.30. The average molecular weight is 306 g/mol. The van der Waals surface area contributed by atoms with E-state index in [2.05, 4.69) is 25.8 Å². The van der Waals surface area contributed by atoms with Crippen molar-refractivity contribution in [2.75, 3.05) is 7.11 Å². The Kier molecular flexibility index (Phi) is 4.85. The van der Waals surface area contributed by atoms with Gasteiger partial charge < -0.3 is 15.2 Å². The fourth-order valence-corrected chi connectivity index (χ4v) is 3.07. The molecule has 4 nitrogen and oxygen atoms in total. The highest BCUT2D eigenvalue weighted by atomic mass is 32.1. The number of aromatic nitrogens is 1. The SMILES string of the molecule is COc1ccc(OCc2nc(C(C)(C)C)c(CN)s2)cc1. The second-order valence-electron chi connectivity index (χ2n) is 5.80. The lowest BCUT2D eigenvalue weighted by Crippen LogP contribution is -2.15. The minimum Gasteiger partial charge on any atom is -0.497 e. The van der Waals surface area contributed by atoms with Gasteiger partial charge in [-0.3, -0.25) is 0 Å². The first-order chi connectivity index (χ1) is 9.94. The Balaban J connectivity index is 2.07. The molecule has 114 valence electrons. The molecule has 0 radical (unpaired) electrons. The maximum Gasteiger partial charge on any atom is 0.140 e. The van der Waals surface area contributed by atoms with Gasteiger partial charge >= 0.3 is 0 Å². The van der Waals surface area contributed by atoms with Gasteiger partial charge in [0.2, 0.25) is 0 Å². The van der Waals surface area contributed by atoms with Crippen LogP contribution in [0, 0.1) is 0 Å². The lowest BCUT2D eigenvalue weighted by molar-refractivity contribution is 0.304. The van der Waals surface area contributed by atoms with Crippen LogP contribution < -0.4 is 15.2 Å². The average Bonchev–Trinajstić information content (AvgIpc) is 2.89. The van der Waals surface area contributed by atoms with Crippen molar-refractivity contribution in [1.29, 1.82) is 0 Å². The summed E-state index contributed by atoms with van der Waals surface area (Å²) in [5, 5.41) is 0.955. The smallest absolute Gasteiger partial charge is 0.140 e. The summed E-state index contributed by atoms with van der Waals surface area (Å²) >= 11 is 1.63. The van der Waals surface area contributed by atoms with Crippen molar-refractivity contribution in [2.24, 2.45) is 5.73 Å². The lowest BCUT2D eigenvalue weighted by atomic mass is 9.91. The van der Waals surface area contributed by atoms with E-state index in [9.17, 15) is 0 Å². The molecular weight excluding hydrogens is 284 g/mol. The molecule has 2 rings (SSSR count). The van der Waals surface area contributed by atoms with Crippen molar-refractivity contribution >= 4 is 11.3 Å². The number of benzene rings is 1. The molecule has 0 saturated carbocycles. The van der Waals surface area contributed by atoms with Gasteiger partial charge in [0.1, 0.15) is 23.1 Å². The zero-order chi connectivity index (χ0) is 15.5. The van der Waals surface area contributed by atoms with Crippen LogP contribution in [0.1, 0.15) is 36.3 Å². The first-order valence-corrected chi connectivity index (χ1v) is 7.71. The van der Waals surface area contributed by atoms with Gasteiger partial charge in [-0.05, 0) is 24.3 Å². The summed E-state index contributed by atoms with van der Waals surface area (Å²) in [5.41, 5.74) is 6.89. The third kappa shape index (κ3) is 3.95. The van der Waals surface area contributed by atoms with Crippen LogP contribution >= 0.6 is 11.3 Å². The van der Waals surface area contributed by atoms with Crippen molar-refractivity contribution in [2.45, 2.75) is 39.3 Å². The number of nitrogens with zero attached hydrogens (tertiary/aromatic N) is 1. The van der Waals surface area contributed by atoms with Gasteiger partial charge in [0.15, 0.2) is 0 Å². The molecule has 0 saturated heterocycles. The van der Waals surface area contributed by atoms with E-state index in [1.807, 2.05) is 24.3 Å². The van der Waals surface area contributed by atoms with E-state index in [4.69, 9.17) is 15.2 Å². The predicted molar refractivity (Wildman–Crippen MR) is 86.0 cm³/mol. The second kappa shape index (κ2) is 6.45. The molecule has 0 aliphatic carbocycles. The van der Waals surface area contributed by atoms with Crippen LogP contribution in [-0.2, 0) is 18.6 Å². The van der Waals surface area contributed by atoms with Crippen LogP contribution in [0.25, 0.3) is 0 Å². The van der Waals surface area contributed by atoms with Crippen molar-refractivity contribution in [3.8, 4) is 11.5 Å². The van der Waals surface area contributed by atoms with Crippen LogP contribution in [0.15, 0.2) is 24.3 Å². The molecule has 0 amide bonds. The van der Waals surface area contributed by atoms with E-state index in [0.717, 1.165) is 27.1 Å². The van der Waals surface area contributed by atoms with E-state index in [1.54, 1.807) is 18.4 Å². The molecule has 1 aromatic heterocycles. The van der Waals surface area contributed by atoms with Crippen molar-refractivity contribution in [3.63, 3.8) is 0 Å². The maximum absolute atomic E-state index is 5.82. The number of methoxy groups -OCH3 is 1. The van der Waals surface area contributed by atoms with Crippen LogP contribution in [0.5, 0.6) is 11.5 Å². The van der Waals surface area contributed by atoms with Gasteiger partial charge in [-0.15, -0.1) is 11.3 Å². The second-order valence-corrected chi connectivity index (χ2v) is 6.97. The molecule has 0 fully saturated rings. The number of rotatable bonds is 5. The number of nitrogens with two attached hydrogens (primary N) is 1. The Morgan fingerprint density at radius 2 is 1.76 bits per heavy atom. The first kappa shape index (κ1) is 15.8. The summed E-state index contributed by atoms with van der Waals surface area (Å²) in [7, 11) is 1.65. The minimum absolute atomic E-state index is 0.00354. The molecule has 1 heterocycles. The molecule has 0 bridgehead atoms. The zero-order valence-corrected chi connectivity index (χ0v) is 13.8. The molecule has 1 aromatic carbocycles. The van der Waals surface area contributed by atoms with Crippen molar-refractivity contribution < 1.29 is 9.47 Å². The molecule has 5 heteroatoms. The molecular formula is C16H22N2O2S. The number of ether oxygens (including phenoxy) is 2. The summed E-state index contributed by atoms with van der Waals surface area (Å²) in [6, 6.07) is 7.54. The van der Waals surface area contributed by atoms with E-state index in [0.29, 0.717) is 13.2 Å². The molecule has 0 aliphatic rings.